The van der Waals surface area contributed by atoms with Crippen molar-refractivity contribution in [2.75, 3.05) is 18.0 Å². The lowest BCUT2D eigenvalue weighted by Crippen LogP contribution is -2.61. The lowest BCUT2D eigenvalue weighted by molar-refractivity contribution is -0.271. The number of guanidine groups is 1. The third-order valence-corrected chi connectivity index (χ3v) is 5.78. The summed E-state index contributed by atoms with van der Waals surface area (Å²) < 4.78 is 10.6. The Hall–Kier alpha value is -3.76. The molecule has 206 valence electrons. The fourth-order valence-electron chi connectivity index (χ4n) is 3.48. The van der Waals surface area contributed by atoms with Crippen LogP contribution < -0.4 is 27.3 Å². The highest BCUT2D eigenvalue weighted by atomic mass is 35.5. The van der Waals surface area contributed by atoms with Gasteiger partial charge in [-0.1, -0.05) is 23.7 Å². The molecule has 38 heavy (non-hydrogen) atoms. The topological polar surface area (TPSA) is 262 Å². The Kier molecular flexibility index (Phi) is 9.60. The van der Waals surface area contributed by atoms with E-state index < -0.39 is 42.6 Å². The summed E-state index contributed by atoms with van der Waals surface area (Å²) >= 11 is 5.76. The molecule has 0 saturated carbocycles. The minimum Gasteiger partial charge on any atom is -0.479 e. The molecule has 1 aliphatic heterocycles. The number of benzene rings is 1. The van der Waals surface area contributed by atoms with E-state index in [1.165, 1.54) is 0 Å². The fraction of sp³-hybridized carbons (Fsp3) is 0.409. The van der Waals surface area contributed by atoms with E-state index in [2.05, 4.69) is 20.3 Å². The summed E-state index contributed by atoms with van der Waals surface area (Å²) in [7, 11) is 0. The van der Waals surface area contributed by atoms with Gasteiger partial charge in [0.1, 0.15) is 24.1 Å². The molecular weight excluding hydrogens is 526 g/mol. The van der Waals surface area contributed by atoms with E-state index in [1.807, 2.05) is 0 Å². The predicted octanol–water partition coefficient (Wildman–Crippen LogP) is -1.37. The first kappa shape index (κ1) is 28.8. The van der Waals surface area contributed by atoms with E-state index in [-0.39, 0.29) is 34.2 Å². The fourth-order valence-corrected chi connectivity index (χ4v) is 3.61. The maximum Gasteiger partial charge on any atom is 0.335 e. The maximum absolute atomic E-state index is 12.2. The van der Waals surface area contributed by atoms with Crippen LogP contribution in [0.25, 0.3) is 0 Å². The molecule has 1 amide bonds. The Balaban J connectivity index is 1.43. The van der Waals surface area contributed by atoms with Crippen LogP contribution >= 0.6 is 11.6 Å². The van der Waals surface area contributed by atoms with Crippen molar-refractivity contribution in [3.63, 3.8) is 0 Å². The quantitative estimate of drug-likeness (QED) is 0.101. The number of aromatic nitrogens is 2. The molecule has 11 N–H and O–H groups in total. The number of carbonyl (C=O) groups is 2. The molecule has 2 heterocycles. The number of halogens is 1. The first-order chi connectivity index (χ1) is 18.0. The van der Waals surface area contributed by atoms with Gasteiger partial charge in [0.05, 0.1) is 0 Å². The predicted molar refractivity (Wildman–Crippen MR) is 134 cm³/mol. The Labute approximate surface area is 221 Å². The summed E-state index contributed by atoms with van der Waals surface area (Å²) in [5.41, 5.74) is 17.6. The van der Waals surface area contributed by atoms with E-state index in [4.69, 9.17) is 43.4 Å². The van der Waals surface area contributed by atoms with E-state index in [1.54, 1.807) is 24.3 Å². The molecule has 0 bridgehead atoms. The van der Waals surface area contributed by atoms with Gasteiger partial charge in [-0.2, -0.15) is 0 Å². The first-order valence-corrected chi connectivity index (χ1v) is 11.7. The Morgan fingerprint density at radius 3 is 2.39 bits per heavy atom. The standard InChI is InChI=1S/C22H28ClN7O8/c23-16-18(25)29-17(24)11(28-16)19(34)30-22(26)27-8-2-1-3-9-4-6-10(7-5-9)37-21-14(33)12(31)13(32)15(38-21)20(35)36/h4-7,12-15,21,31-33H,1-3,8H2,(H,35,36)(H4,24,25,29)(H3,26,27,30,34)/t12-,13-,14+,15+,21-/m1/s1. The molecule has 1 fully saturated rings. The van der Waals surface area contributed by atoms with Gasteiger partial charge in [0.25, 0.3) is 5.91 Å². The second-order valence-corrected chi connectivity index (χ2v) is 8.67. The zero-order valence-electron chi connectivity index (χ0n) is 19.9. The number of aryl methyl sites for hydroxylation is 1. The summed E-state index contributed by atoms with van der Waals surface area (Å²) in [5.74, 6) is -2.37. The molecule has 0 radical (unpaired) electrons. The third-order valence-electron chi connectivity index (χ3n) is 5.51. The molecule has 3 rings (SSSR count). The number of nitrogens with zero attached hydrogens (tertiary/aromatic N) is 3. The number of aliphatic hydroxyl groups is 3. The van der Waals surface area contributed by atoms with Crippen LogP contribution in [0, 0.1) is 0 Å². The largest absolute Gasteiger partial charge is 0.479 e. The number of aliphatic hydroxyl groups excluding tert-OH is 3. The number of nitrogens with two attached hydrogens (primary N) is 3. The highest BCUT2D eigenvalue weighted by Gasteiger charge is 2.48. The minimum atomic E-state index is -1.79. The van der Waals surface area contributed by atoms with Crippen molar-refractivity contribution in [1.29, 1.82) is 0 Å². The number of amides is 1. The van der Waals surface area contributed by atoms with E-state index >= 15 is 0 Å². The molecule has 2 aromatic rings. The van der Waals surface area contributed by atoms with Crippen molar-refractivity contribution >= 4 is 41.1 Å². The van der Waals surface area contributed by atoms with E-state index in [9.17, 15) is 24.9 Å². The second kappa shape index (κ2) is 12.7. The van der Waals surface area contributed by atoms with Crippen LogP contribution in [0.5, 0.6) is 5.75 Å². The molecule has 0 aliphatic carbocycles. The zero-order valence-corrected chi connectivity index (χ0v) is 20.7. The normalized spacial score (nSPS) is 23.6. The number of carboxylic acid groups (broad SMARTS) is 1. The number of anilines is 2. The molecule has 1 aliphatic rings. The number of rotatable bonds is 9. The number of ether oxygens (including phenoxy) is 2. The average Bonchev–Trinajstić information content (AvgIpc) is 2.86. The molecule has 15 nitrogen and oxygen atoms in total. The van der Waals surface area contributed by atoms with Crippen molar-refractivity contribution in [2.24, 2.45) is 10.7 Å². The van der Waals surface area contributed by atoms with Gasteiger partial charge in [-0.15, -0.1) is 0 Å². The summed E-state index contributed by atoms with van der Waals surface area (Å²) in [4.78, 5) is 35.0. The van der Waals surface area contributed by atoms with E-state index in [0.717, 1.165) is 12.0 Å². The number of nitrogens with one attached hydrogen (secondary N) is 1. The van der Waals surface area contributed by atoms with Crippen molar-refractivity contribution in [3.8, 4) is 5.75 Å². The van der Waals surface area contributed by atoms with Crippen LogP contribution in [0.1, 0.15) is 28.9 Å². The molecule has 0 spiro atoms. The summed E-state index contributed by atoms with van der Waals surface area (Å²) in [5, 5.41) is 41.0. The molecule has 16 heteroatoms. The highest BCUT2D eigenvalue weighted by Crippen LogP contribution is 2.25. The molecule has 1 aromatic heterocycles. The lowest BCUT2D eigenvalue weighted by atomic mass is 9.99. The number of hydrogen-bond donors (Lipinski definition) is 8. The number of carboxylic acids is 1. The van der Waals surface area contributed by atoms with Gasteiger partial charge in [0, 0.05) is 6.54 Å². The maximum atomic E-state index is 12.2. The van der Waals surface area contributed by atoms with E-state index in [0.29, 0.717) is 19.4 Å². The van der Waals surface area contributed by atoms with Gasteiger partial charge in [0.2, 0.25) is 6.29 Å². The van der Waals surface area contributed by atoms with Crippen molar-refractivity contribution in [2.45, 2.75) is 50.0 Å². The molecule has 0 unspecified atom stereocenters. The lowest BCUT2D eigenvalue weighted by Gasteiger charge is -2.38. The SMILES string of the molecule is NC(=NCCCCc1ccc(O[C@@H]2O[C@H](C(=O)O)[C@H](O)[C@@H](O)[C@@H]2O)cc1)NC(=O)c1nc(Cl)c(N)nc1N. The Morgan fingerprint density at radius 2 is 1.74 bits per heavy atom. The smallest absolute Gasteiger partial charge is 0.335 e. The summed E-state index contributed by atoms with van der Waals surface area (Å²) in [6.45, 7) is 0.340. The Bertz CT molecular complexity index is 1180. The number of nitrogen functional groups attached to an aromatic ring is 2. The van der Waals surface area contributed by atoms with Gasteiger partial charge >= 0.3 is 5.97 Å². The van der Waals surface area contributed by atoms with Gasteiger partial charge in [-0.3, -0.25) is 15.1 Å². The van der Waals surface area contributed by atoms with Crippen LogP contribution in [0.2, 0.25) is 5.15 Å². The second-order valence-electron chi connectivity index (χ2n) is 8.31. The van der Waals surface area contributed by atoms with Crippen LogP contribution in [0.4, 0.5) is 11.6 Å². The van der Waals surface area contributed by atoms with Gasteiger partial charge in [-0.25, -0.2) is 14.8 Å². The van der Waals surface area contributed by atoms with Crippen molar-refractivity contribution in [1.82, 2.24) is 15.3 Å². The van der Waals surface area contributed by atoms with Crippen LogP contribution in [0.15, 0.2) is 29.3 Å². The van der Waals surface area contributed by atoms with Gasteiger partial charge in [0.15, 0.2) is 34.5 Å². The van der Waals surface area contributed by atoms with Crippen LogP contribution in [0.3, 0.4) is 0 Å². The molecule has 1 aromatic carbocycles. The van der Waals surface area contributed by atoms with Crippen LogP contribution in [-0.2, 0) is 16.0 Å². The number of hydrogen-bond acceptors (Lipinski definition) is 12. The van der Waals surface area contributed by atoms with Crippen molar-refractivity contribution < 1.29 is 39.5 Å². The minimum absolute atomic E-state index is 0.101. The summed E-state index contributed by atoms with van der Waals surface area (Å²) in [6, 6.07) is 6.74. The summed E-state index contributed by atoms with van der Waals surface area (Å²) in [6.07, 6.45) is -6.33. The number of aliphatic carboxylic acids is 1. The molecular formula is C22H28ClN7O8. The zero-order chi connectivity index (χ0) is 28.0. The van der Waals surface area contributed by atoms with Gasteiger partial charge < -0.3 is 47.1 Å². The number of aliphatic imine (C=N–C) groups is 1. The Morgan fingerprint density at radius 1 is 1.05 bits per heavy atom. The van der Waals surface area contributed by atoms with Gasteiger partial charge in [-0.05, 0) is 37.0 Å². The molecule has 1 saturated heterocycles. The first-order valence-electron chi connectivity index (χ1n) is 11.4. The number of unbranched alkanes of at least 4 members (excludes halogenated alkanes) is 1. The molecule has 5 atom stereocenters. The third kappa shape index (κ3) is 7.17. The highest BCUT2D eigenvalue weighted by molar-refractivity contribution is 6.31. The van der Waals surface area contributed by atoms with Crippen LogP contribution in [-0.4, -0.2) is 85.5 Å². The van der Waals surface area contributed by atoms with Crippen molar-refractivity contribution in [3.05, 3.63) is 40.7 Å². The number of carbonyl (C=O) groups excluding carboxylic acids is 1. The average molecular weight is 554 g/mol. The monoisotopic (exact) mass is 553 g/mol.